The van der Waals surface area contributed by atoms with Crippen molar-refractivity contribution in [2.45, 2.75) is 51.5 Å². The number of rotatable bonds is 5. The van der Waals surface area contributed by atoms with E-state index in [1.165, 1.54) is 25.7 Å². The summed E-state index contributed by atoms with van der Waals surface area (Å²) in [6.07, 6.45) is 5.41. The third kappa shape index (κ3) is 3.85. The Labute approximate surface area is 128 Å². The average molecular weight is 289 g/mol. The number of benzene rings is 1. The first kappa shape index (κ1) is 16.0. The molecule has 3 heteroatoms. The Morgan fingerprint density at radius 1 is 1.14 bits per heavy atom. The van der Waals surface area contributed by atoms with E-state index in [-0.39, 0.29) is 5.78 Å². The predicted molar refractivity (Wildman–Crippen MR) is 85.8 cm³/mol. The van der Waals surface area contributed by atoms with Gasteiger partial charge in [-0.3, -0.25) is 9.69 Å². The third-order valence-electron chi connectivity index (χ3n) is 4.62. The molecule has 1 heterocycles. The van der Waals surface area contributed by atoms with Gasteiger partial charge in [-0.25, -0.2) is 0 Å². The zero-order valence-corrected chi connectivity index (χ0v) is 13.5. The molecule has 1 aliphatic rings. The van der Waals surface area contributed by atoms with Crippen LogP contribution in [0.15, 0.2) is 24.3 Å². The standard InChI is InChI=1S/C18H27NO2/c1-18(2,19-12-8-4-5-9-13-19)17(20)14-15-10-6-7-11-16(15)21-3/h6-7,10-11H,4-5,8-9,12-14H2,1-3H3. The second-order valence-corrected chi connectivity index (χ2v) is 6.37. The maximum absolute atomic E-state index is 12.8. The second-order valence-electron chi connectivity index (χ2n) is 6.37. The molecule has 1 aromatic rings. The van der Waals surface area contributed by atoms with Crippen LogP contribution in [0, 0.1) is 0 Å². The molecule has 1 aromatic carbocycles. The lowest BCUT2D eigenvalue weighted by atomic mass is 9.91. The zero-order valence-electron chi connectivity index (χ0n) is 13.5. The summed E-state index contributed by atoms with van der Waals surface area (Å²) in [4.78, 5) is 15.2. The van der Waals surface area contributed by atoms with Crippen molar-refractivity contribution in [1.82, 2.24) is 4.90 Å². The van der Waals surface area contributed by atoms with E-state index in [2.05, 4.69) is 18.7 Å². The van der Waals surface area contributed by atoms with Gasteiger partial charge in [-0.15, -0.1) is 0 Å². The van der Waals surface area contributed by atoms with Gasteiger partial charge in [0.2, 0.25) is 0 Å². The number of likely N-dealkylation sites (tertiary alicyclic amines) is 1. The summed E-state index contributed by atoms with van der Waals surface area (Å²) >= 11 is 0. The minimum atomic E-state index is -0.398. The Kier molecular flexibility index (Phi) is 5.40. The smallest absolute Gasteiger partial charge is 0.157 e. The molecule has 1 fully saturated rings. The van der Waals surface area contributed by atoms with Crippen molar-refractivity contribution in [3.8, 4) is 5.75 Å². The summed E-state index contributed by atoms with van der Waals surface area (Å²) in [7, 11) is 1.66. The van der Waals surface area contributed by atoms with Gasteiger partial charge in [0, 0.05) is 12.0 Å². The second kappa shape index (κ2) is 7.08. The van der Waals surface area contributed by atoms with Crippen molar-refractivity contribution >= 4 is 5.78 Å². The zero-order chi connectivity index (χ0) is 15.3. The molecule has 0 bridgehead atoms. The lowest BCUT2D eigenvalue weighted by molar-refractivity contribution is -0.128. The van der Waals surface area contributed by atoms with E-state index < -0.39 is 5.54 Å². The summed E-state index contributed by atoms with van der Waals surface area (Å²) in [6, 6.07) is 7.80. The number of carbonyl (C=O) groups is 1. The summed E-state index contributed by atoms with van der Waals surface area (Å²) in [5, 5.41) is 0. The van der Waals surface area contributed by atoms with Crippen LogP contribution in [0.25, 0.3) is 0 Å². The molecule has 0 radical (unpaired) electrons. The van der Waals surface area contributed by atoms with Crippen LogP contribution in [0.4, 0.5) is 0 Å². The molecule has 0 amide bonds. The monoisotopic (exact) mass is 289 g/mol. The van der Waals surface area contributed by atoms with E-state index >= 15 is 0 Å². The molecule has 1 saturated heterocycles. The molecule has 0 unspecified atom stereocenters. The van der Waals surface area contributed by atoms with Crippen LogP contribution in [0.5, 0.6) is 5.75 Å². The van der Waals surface area contributed by atoms with Crippen LogP contribution in [0.1, 0.15) is 45.1 Å². The van der Waals surface area contributed by atoms with E-state index in [1.807, 2.05) is 24.3 Å². The highest BCUT2D eigenvalue weighted by molar-refractivity contribution is 5.89. The van der Waals surface area contributed by atoms with Gasteiger partial charge in [-0.2, -0.15) is 0 Å². The van der Waals surface area contributed by atoms with Crippen molar-refractivity contribution in [2.24, 2.45) is 0 Å². The molecule has 0 saturated carbocycles. The van der Waals surface area contributed by atoms with Crippen LogP contribution in [-0.4, -0.2) is 36.4 Å². The highest BCUT2D eigenvalue weighted by atomic mass is 16.5. The normalized spacial score (nSPS) is 17.3. The maximum Gasteiger partial charge on any atom is 0.157 e. The first-order valence-electron chi connectivity index (χ1n) is 7.96. The van der Waals surface area contributed by atoms with E-state index in [0.29, 0.717) is 6.42 Å². The number of para-hydroxylation sites is 1. The molecule has 116 valence electrons. The minimum absolute atomic E-state index is 0.272. The number of Topliss-reactive ketones (excluding diaryl/α,β-unsaturated/α-hetero) is 1. The topological polar surface area (TPSA) is 29.5 Å². The molecule has 0 spiro atoms. The van der Waals surface area contributed by atoms with Crippen LogP contribution in [-0.2, 0) is 11.2 Å². The number of ketones is 1. The van der Waals surface area contributed by atoms with Gasteiger partial charge in [0.05, 0.1) is 12.6 Å². The number of ether oxygens (including phenoxy) is 1. The largest absolute Gasteiger partial charge is 0.496 e. The van der Waals surface area contributed by atoms with Gasteiger partial charge in [0.25, 0.3) is 0 Å². The van der Waals surface area contributed by atoms with Gasteiger partial charge in [-0.1, -0.05) is 31.0 Å². The Bertz CT molecular complexity index is 474. The molecule has 3 nitrogen and oxygen atoms in total. The number of nitrogens with zero attached hydrogens (tertiary/aromatic N) is 1. The summed E-state index contributed by atoms with van der Waals surface area (Å²) < 4.78 is 5.36. The van der Waals surface area contributed by atoms with Crippen molar-refractivity contribution in [3.05, 3.63) is 29.8 Å². The molecular weight excluding hydrogens is 262 g/mol. The SMILES string of the molecule is COc1ccccc1CC(=O)C(C)(C)N1CCCCCC1. The first-order chi connectivity index (χ1) is 10.1. The lowest BCUT2D eigenvalue weighted by Gasteiger charge is -2.36. The molecule has 1 aliphatic heterocycles. The highest BCUT2D eigenvalue weighted by Gasteiger charge is 2.34. The van der Waals surface area contributed by atoms with Gasteiger partial charge >= 0.3 is 0 Å². The van der Waals surface area contributed by atoms with Gasteiger partial charge in [-0.05, 0) is 45.8 Å². The Morgan fingerprint density at radius 3 is 2.38 bits per heavy atom. The predicted octanol–water partition coefficient (Wildman–Crippen LogP) is 3.46. The van der Waals surface area contributed by atoms with Crippen molar-refractivity contribution in [1.29, 1.82) is 0 Å². The van der Waals surface area contributed by atoms with Crippen molar-refractivity contribution < 1.29 is 9.53 Å². The lowest BCUT2D eigenvalue weighted by Crippen LogP contribution is -2.51. The van der Waals surface area contributed by atoms with Crippen LogP contribution >= 0.6 is 0 Å². The molecule has 0 aromatic heterocycles. The Balaban J connectivity index is 2.10. The highest BCUT2D eigenvalue weighted by Crippen LogP contribution is 2.25. The molecular formula is C18H27NO2. The van der Waals surface area contributed by atoms with Crippen LogP contribution in [0.3, 0.4) is 0 Å². The number of hydrogen-bond acceptors (Lipinski definition) is 3. The van der Waals surface area contributed by atoms with Gasteiger partial charge in [0.1, 0.15) is 5.75 Å². The van der Waals surface area contributed by atoms with E-state index in [9.17, 15) is 4.79 Å². The fourth-order valence-electron chi connectivity index (χ4n) is 3.04. The van der Waals surface area contributed by atoms with E-state index in [0.717, 1.165) is 24.4 Å². The molecule has 0 N–H and O–H groups in total. The maximum atomic E-state index is 12.8. The molecule has 2 rings (SSSR count). The Morgan fingerprint density at radius 2 is 1.76 bits per heavy atom. The molecule has 0 atom stereocenters. The van der Waals surface area contributed by atoms with Crippen LogP contribution < -0.4 is 4.74 Å². The number of carbonyl (C=O) groups excluding carboxylic acids is 1. The van der Waals surface area contributed by atoms with Crippen molar-refractivity contribution in [2.75, 3.05) is 20.2 Å². The summed E-state index contributed by atoms with van der Waals surface area (Å²) in [5.41, 5.74) is 0.582. The number of methoxy groups -OCH3 is 1. The minimum Gasteiger partial charge on any atom is -0.496 e. The quantitative estimate of drug-likeness (QED) is 0.831. The van der Waals surface area contributed by atoms with Gasteiger partial charge < -0.3 is 4.74 Å². The Hall–Kier alpha value is -1.35. The van der Waals surface area contributed by atoms with Crippen LogP contribution in [0.2, 0.25) is 0 Å². The molecule has 21 heavy (non-hydrogen) atoms. The third-order valence-corrected chi connectivity index (χ3v) is 4.62. The van der Waals surface area contributed by atoms with Crippen molar-refractivity contribution in [3.63, 3.8) is 0 Å². The fraction of sp³-hybridized carbons (Fsp3) is 0.611. The summed E-state index contributed by atoms with van der Waals surface area (Å²) in [5.74, 6) is 1.08. The molecule has 0 aliphatic carbocycles. The number of hydrogen-bond donors (Lipinski definition) is 0. The van der Waals surface area contributed by atoms with E-state index in [1.54, 1.807) is 7.11 Å². The fourth-order valence-corrected chi connectivity index (χ4v) is 3.04. The average Bonchev–Trinajstić information content (AvgIpc) is 2.77. The van der Waals surface area contributed by atoms with Gasteiger partial charge in [0.15, 0.2) is 5.78 Å². The van der Waals surface area contributed by atoms with E-state index in [4.69, 9.17) is 4.74 Å². The first-order valence-corrected chi connectivity index (χ1v) is 7.96. The summed E-state index contributed by atoms with van der Waals surface area (Å²) in [6.45, 7) is 6.20.